The Balaban J connectivity index is 1.91. The standard InChI is InChI=1S/C17H20FN5O3/c1-21-15-11(3-2-10(18)14(15)22-8-6-19-7-9-22)23(17(21)26)12-4-5-13(24)20-16(12)25/h2-3,12,19H,4-9H2,1H3,(H,20,24,25). The van der Waals surface area contributed by atoms with Crippen LogP contribution in [-0.2, 0) is 16.6 Å². The number of anilines is 1. The average Bonchev–Trinajstić information content (AvgIpc) is 2.87. The highest BCUT2D eigenvalue weighted by atomic mass is 19.1. The molecule has 1 aromatic heterocycles. The lowest BCUT2D eigenvalue weighted by Crippen LogP contribution is -2.44. The molecule has 2 saturated heterocycles. The zero-order valence-corrected chi connectivity index (χ0v) is 14.4. The first kappa shape index (κ1) is 16.8. The Labute approximate surface area is 148 Å². The first-order chi connectivity index (χ1) is 12.5. The number of benzene rings is 1. The van der Waals surface area contributed by atoms with Crippen LogP contribution in [0.3, 0.4) is 0 Å². The van der Waals surface area contributed by atoms with Crippen molar-refractivity contribution in [2.75, 3.05) is 31.1 Å². The minimum absolute atomic E-state index is 0.172. The SMILES string of the molecule is Cn1c(=O)n(C2CCC(=O)NC2=O)c2ccc(F)c(N3CCNCC3)c21. The highest BCUT2D eigenvalue weighted by Crippen LogP contribution is 2.32. The second kappa shape index (κ2) is 6.24. The maximum absolute atomic E-state index is 14.7. The van der Waals surface area contributed by atoms with Gasteiger partial charge in [0, 0.05) is 39.6 Å². The number of piperidine rings is 1. The molecule has 1 unspecified atom stereocenters. The van der Waals surface area contributed by atoms with E-state index in [2.05, 4.69) is 10.6 Å². The maximum atomic E-state index is 14.7. The number of halogens is 1. The number of aryl methyl sites for hydroxylation is 1. The molecule has 2 aliphatic heterocycles. The van der Waals surface area contributed by atoms with Crippen molar-refractivity contribution < 1.29 is 14.0 Å². The number of carbonyl (C=O) groups excluding carboxylic acids is 2. The number of nitrogens with zero attached hydrogens (tertiary/aromatic N) is 3. The van der Waals surface area contributed by atoms with Crippen molar-refractivity contribution >= 4 is 28.5 Å². The van der Waals surface area contributed by atoms with Gasteiger partial charge in [-0.2, -0.15) is 0 Å². The number of nitrogens with one attached hydrogen (secondary N) is 2. The normalized spacial score (nSPS) is 21.3. The Morgan fingerprint density at radius 2 is 1.88 bits per heavy atom. The van der Waals surface area contributed by atoms with Crippen LogP contribution in [0.15, 0.2) is 16.9 Å². The molecule has 0 saturated carbocycles. The number of amides is 2. The van der Waals surface area contributed by atoms with Crippen LogP contribution in [-0.4, -0.2) is 47.1 Å². The summed E-state index contributed by atoms with van der Waals surface area (Å²) >= 11 is 0. The first-order valence-electron chi connectivity index (χ1n) is 8.68. The van der Waals surface area contributed by atoms with E-state index >= 15 is 0 Å². The number of aromatic nitrogens is 2. The Morgan fingerprint density at radius 1 is 1.15 bits per heavy atom. The smallest absolute Gasteiger partial charge is 0.329 e. The number of hydrogen-bond acceptors (Lipinski definition) is 5. The van der Waals surface area contributed by atoms with E-state index in [0.717, 1.165) is 13.1 Å². The summed E-state index contributed by atoms with van der Waals surface area (Å²) in [6, 6.07) is 2.09. The lowest BCUT2D eigenvalue weighted by Gasteiger charge is -2.30. The molecule has 9 heteroatoms. The van der Waals surface area contributed by atoms with Gasteiger partial charge in [0.05, 0.1) is 16.7 Å². The fourth-order valence-electron chi connectivity index (χ4n) is 3.85. The van der Waals surface area contributed by atoms with E-state index in [4.69, 9.17) is 0 Å². The summed E-state index contributed by atoms with van der Waals surface area (Å²) in [6.45, 7) is 2.73. The van der Waals surface area contributed by atoms with E-state index in [1.54, 1.807) is 7.05 Å². The van der Waals surface area contributed by atoms with Crippen LogP contribution in [0, 0.1) is 5.82 Å². The molecule has 138 valence electrons. The van der Waals surface area contributed by atoms with Gasteiger partial charge in [-0.05, 0) is 18.6 Å². The molecule has 1 aromatic carbocycles. The summed E-state index contributed by atoms with van der Waals surface area (Å²) in [5.41, 5.74) is 0.967. The van der Waals surface area contributed by atoms with Crippen LogP contribution in [0.25, 0.3) is 11.0 Å². The quantitative estimate of drug-likeness (QED) is 0.728. The highest BCUT2D eigenvalue weighted by Gasteiger charge is 2.32. The van der Waals surface area contributed by atoms with E-state index in [1.807, 2.05) is 4.90 Å². The summed E-state index contributed by atoms with van der Waals surface area (Å²) in [5, 5.41) is 5.50. The van der Waals surface area contributed by atoms with Crippen LogP contribution in [0.2, 0.25) is 0 Å². The van der Waals surface area contributed by atoms with Crippen LogP contribution in [0.4, 0.5) is 10.1 Å². The molecular weight excluding hydrogens is 341 g/mol. The zero-order valence-electron chi connectivity index (χ0n) is 14.4. The molecule has 4 rings (SSSR count). The fourth-order valence-corrected chi connectivity index (χ4v) is 3.85. The predicted octanol–water partition coefficient (Wildman–Crippen LogP) is -0.134. The van der Waals surface area contributed by atoms with Crippen molar-refractivity contribution in [2.24, 2.45) is 7.05 Å². The summed E-state index contributed by atoms with van der Waals surface area (Å²) in [7, 11) is 1.58. The molecule has 2 amide bonds. The van der Waals surface area contributed by atoms with Gasteiger partial charge in [-0.25, -0.2) is 9.18 Å². The third kappa shape index (κ3) is 2.50. The molecule has 0 spiro atoms. The van der Waals surface area contributed by atoms with Gasteiger partial charge in [-0.1, -0.05) is 0 Å². The molecule has 26 heavy (non-hydrogen) atoms. The first-order valence-corrected chi connectivity index (χ1v) is 8.68. The van der Waals surface area contributed by atoms with Crippen molar-refractivity contribution in [3.8, 4) is 0 Å². The molecule has 2 aromatic rings. The zero-order chi connectivity index (χ0) is 18.4. The van der Waals surface area contributed by atoms with Crippen molar-refractivity contribution in [3.63, 3.8) is 0 Å². The molecule has 0 aliphatic carbocycles. The van der Waals surface area contributed by atoms with E-state index in [1.165, 1.54) is 21.3 Å². The minimum atomic E-state index is -0.773. The molecule has 3 heterocycles. The van der Waals surface area contributed by atoms with E-state index in [-0.39, 0.29) is 18.7 Å². The minimum Gasteiger partial charge on any atom is -0.365 e. The number of piperazine rings is 1. The van der Waals surface area contributed by atoms with Crippen LogP contribution in [0.1, 0.15) is 18.9 Å². The van der Waals surface area contributed by atoms with Crippen LogP contribution in [0.5, 0.6) is 0 Å². The van der Waals surface area contributed by atoms with E-state index in [9.17, 15) is 18.8 Å². The third-order valence-electron chi connectivity index (χ3n) is 5.12. The van der Waals surface area contributed by atoms with Crippen molar-refractivity contribution in [1.29, 1.82) is 0 Å². The lowest BCUT2D eigenvalue weighted by molar-refractivity contribution is -0.135. The maximum Gasteiger partial charge on any atom is 0.329 e. The largest absolute Gasteiger partial charge is 0.365 e. The van der Waals surface area contributed by atoms with Crippen molar-refractivity contribution in [3.05, 3.63) is 28.4 Å². The molecule has 2 fully saturated rings. The summed E-state index contributed by atoms with van der Waals surface area (Å²) < 4.78 is 17.5. The highest BCUT2D eigenvalue weighted by molar-refractivity contribution is 6.00. The van der Waals surface area contributed by atoms with Gasteiger partial charge in [0.15, 0.2) is 0 Å². The van der Waals surface area contributed by atoms with Gasteiger partial charge in [-0.15, -0.1) is 0 Å². The Hall–Kier alpha value is -2.68. The van der Waals surface area contributed by atoms with Crippen molar-refractivity contribution in [1.82, 2.24) is 19.8 Å². The number of hydrogen-bond donors (Lipinski definition) is 2. The average molecular weight is 361 g/mol. The summed E-state index contributed by atoms with van der Waals surface area (Å²) in [5.74, 6) is -1.23. The molecule has 0 radical (unpaired) electrons. The van der Waals surface area contributed by atoms with Crippen LogP contribution < -0.4 is 21.2 Å². The van der Waals surface area contributed by atoms with Gasteiger partial charge in [-0.3, -0.25) is 24.0 Å². The molecule has 2 N–H and O–H groups in total. The number of imide groups is 1. The van der Waals surface area contributed by atoms with Gasteiger partial charge in [0.1, 0.15) is 11.9 Å². The monoisotopic (exact) mass is 361 g/mol. The molecule has 2 aliphatic rings. The van der Waals surface area contributed by atoms with E-state index in [0.29, 0.717) is 29.8 Å². The molecule has 0 bridgehead atoms. The number of imidazole rings is 1. The Bertz CT molecular complexity index is 957. The fraction of sp³-hybridized carbons (Fsp3) is 0.471. The summed E-state index contributed by atoms with van der Waals surface area (Å²) in [6.07, 6.45) is 0.426. The van der Waals surface area contributed by atoms with E-state index < -0.39 is 23.5 Å². The second-order valence-corrected chi connectivity index (χ2v) is 6.68. The van der Waals surface area contributed by atoms with Crippen LogP contribution >= 0.6 is 0 Å². The number of carbonyl (C=O) groups is 2. The molecule has 8 nitrogen and oxygen atoms in total. The summed E-state index contributed by atoms with van der Waals surface area (Å²) in [4.78, 5) is 38.5. The van der Waals surface area contributed by atoms with Gasteiger partial charge in [0.2, 0.25) is 11.8 Å². The number of fused-ring (bicyclic) bond motifs is 1. The van der Waals surface area contributed by atoms with Gasteiger partial charge >= 0.3 is 5.69 Å². The number of rotatable bonds is 2. The topological polar surface area (TPSA) is 88.4 Å². The molecule has 1 atom stereocenters. The Morgan fingerprint density at radius 3 is 2.58 bits per heavy atom. The predicted molar refractivity (Wildman–Crippen MR) is 93.6 cm³/mol. The molecular formula is C17H20FN5O3. The third-order valence-corrected chi connectivity index (χ3v) is 5.12. The van der Waals surface area contributed by atoms with Gasteiger partial charge < -0.3 is 10.2 Å². The van der Waals surface area contributed by atoms with Crippen molar-refractivity contribution in [2.45, 2.75) is 18.9 Å². The lowest BCUT2D eigenvalue weighted by atomic mass is 10.1. The Kier molecular flexibility index (Phi) is 4.03. The second-order valence-electron chi connectivity index (χ2n) is 6.68. The van der Waals surface area contributed by atoms with Gasteiger partial charge in [0.25, 0.3) is 0 Å².